The summed E-state index contributed by atoms with van der Waals surface area (Å²) in [4.78, 5) is 17.5. The van der Waals surface area contributed by atoms with Gasteiger partial charge in [0.1, 0.15) is 11.5 Å². The van der Waals surface area contributed by atoms with Gasteiger partial charge in [0.2, 0.25) is 0 Å². The fraction of sp³-hybridized carbons (Fsp3) is 0.347. The van der Waals surface area contributed by atoms with Gasteiger partial charge >= 0.3 is 12.7 Å². The van der Waals surface area contributed by atoms with Crippen LogP contribution in [-0.2, 0) is 25.7 Å². The lowest BCUT2D eigenvalue weighted by molar-refractivity contribution is -0.275. The van der Waals surface area contributed by atoms with Crippen LogP contribution in [0.2, 0.25) is 0 Å². The second kappa shape index (κ2) is 24.5. The molecule has 6 rings (SSSR count). The molecule has 0 bridgehead atoms. The fourth-order valence-corrected chi connectivity index (χ4v) is 6.27. The third-order valence-electron chi connectivity index (χ3n) is 9.68. The van der Waals surface area contributed by atoms with Crippen molar-refractivity contribution in [2.75, 3.05) is 13.2 Å². The lowest BCUT2D eigenvalue weighted by Crippen LogP contribution is -2.17. The summed E-state index contributed by atoms with van der Waals surface area (Å²) in [6.07, 6.45) is 8.32. The second-order valence-electron chi connectivity index (χ2n) is 14.7. The van der Waals surface area contributed by atoms with Gasteiger partial charge < -0.3 is 18.9 Å². The number of aryl methyl sites for hydroxylation is 4. The van der Waals surface area contributed by atoms with E-state index in [2.05, 4.69) is 43.3 Å². The van der Waals surface area contributed by atoms with Crippen LogP contribution in [-0.4, -0.2) is 45.9 Å². The van der Waals surface area contributed by atoms with Gasteiger partial charge in [-0.1, -0.05) is 119 Å². The summed E-state index contributed by atoms with van der Waals surface area (Å²) < 4.78 is 92.5. The number of nitrogens with zero attached hydrogens (tertiary/aromatic N) is 4. The van der Waals surface area contributed by atoms with Crippen molar-refractivity contribution in [3.05, 3.63) is 144 Å². The first-order valence-electron chi connectivity index (χ1n) is 21.1. The van der Waals surface area contributed by atoms with Gasteiger partial charge in [0.25, 0.3) is 0 Å². The van der Waals surface area contributed by atoms with Crippen LogP contribution in [0.3, 0.4) is 0 Å². The molecule has 0 aliphatic carbocycles. The number of rotatable bonds is 21. The lowest BCUT2D eigenvalue weighted by Gasteiger charge is -2.09. The van der Waals surface area contributed by atoms with Gasteiger partial charge in [0, 0.05) is 11.1 Å². The Kier molecular flexibility index (Phi) is 18.6. The van der Waals surface area contributed by atoms with Gasteiger partial charge in [-0.2, -0.15) is 0 Å². The fourth-order valence-electron chi connectivity index (χ4n) is 6.27. The van der Waals surface area contributed by atoms with Crippen LogP contribution in [0.25, 0.3) is 22.8 Å². The van der Waals surface area contributed by atoms with Crippen molar-refractivity contribution in [2.24, 2.45) is 0 Å². The standard InChI is InChI=1S/C25H27F3N2O2.C24H25F3N2O2/c1-2-3-4-5-16-31-23-17-29-24(30-18-23)21-12-8-19(9-13-21)6-7-20-10-14-22(15-11-20)32-25(26,27)28;1-2-3-4-15-30-22-16-28-23(29-17-22)20-11-7-18(8-12-20)5-6-19-9-13-21(14-10-19)31-24(25,26)27/h8-15,17-18H,2-7,16H2,1H3;7-14,16-17H,2-6,15H2,1H3. The monoisotopic (exact) mass is 874 g/mol. The molecule has 8 nitrogen and oxygen atoms in total. The van der Waals surface area contributed by atoms with Crippen LogP contribution >= 0.6 is 0 Å². The molecule has 0 radical (unpaired) electrons. The Labute approximate surface area is 364 Å². The smallest absolute Gasteiger partial charge is 0.490 e. The zero-order valence-corrected chi connectivity index (χ0v) is 35.4. The quantitative estimate of drug-likeness (QED) is 0.0522. The van der Waals surface area contributed by atoms with E-state index in [-0.39, 0.29) is 11.5 Å². The summed E-state index contributed by atoms with van der Waals surface area (Å²) in [7, 11) is 0. The van der Waals surface area contributed by atoms with E-state index in [1.54, 1.807) is 49.1 Å². The van der Waals surface area contributed by atoms with Crippen molar-refractivity contribution in [2.45, 2.75) is 97.2 Å². The number of halogens is 6. The first-order valence-corrected chi connectivity index (χ1v) is 21.1. The van der Waals surface area contributed by atoms with Gasteiger partial charge in [-0.15, -0.1) is 26.3 Å². The number of unbranched alkanes of at least 4 members (excludes halogenated alkanes) is 5. The van der Waals surface area contributed by atoms with E-state index in [9.17, 15) is 26.3 Å². The number of aromatic nitrogens is 4. The maximum Gasteiger partial charge on any atom is 0.573 e. The van der Waals surface area contributed by atoms with E-state index in [4.69, 9.17) is 9.47 Å². The molecule has 63 heavy (non-hydrogen) atoms. The molecule has 6 aromatic rings. The van der Waals surface area contributed by atoms with Gasteiger partial charge in [0.15, 0.2) is 23.1 Å². The van der Waals surface area contributed by atoms with Crippen molar-refractivity contribution >= 4 is 0 Å². The summed E-state index contributed by atoms with van der Waals surface area (Å²) in [5, 5.41) is 0. The summed E-state index contributed by atoms with van der Waals surface area (Å²) in [5.74, 6) is 2.19. The molecule has 0 aliphatic rings. The molecule has 334 valence electrons. The van der Waals surface area contributed by atoms with Gasteiger partial charge in [-0.3, -0.25) is 0 Å². The highest BCUT2D eigenvalue weighted by Crippen LogP contribution is 2.26. The molecule has 4 aromatic carbocycles. The Hall–Kier alpha value is -6.18. The molecule has 2 aromatic heterocycles. The lowest BCUT2D eigenvalue weighted by atomic mass is 10.0. The average Bonchev–Trinajstić information content (AvgIpc) is 3.27. The third-order valence-corrected chi connectivity index (χ3v) is 9.68. The minimum atomic E-state index is -4.67. The zero-order chi connectivity index (χ0) is 44.9. The topological polar surface area (TPSA) is 88.5 Å². The Morgan fingerprint density at radius 2 is 0.683 bits per heavy atom. The first-order chi connectivity index (χ1) is 30.4. The van der Waals surface area contributed by atoms with Crippen molar-refractivity contribution in [1.29, 1.82) is 0 Å². The summed E-state index contributed by atoms with van der Waals surface area (Å²) in [6.45, 7) is 5.68. The highest BCUT2D eigenvalue weighted by atomic mass is 19.4. The van der Waals surface area contributed by atoms with E-state index in [1.165, 1.54) is 43.5 Å². The molecular formula is C49H52F6N4O4. The molecule has 0 N–H and O–H groups in total. The predicted molar refractivity (Wildman–Crippen MR) is 231 cm³/mol. The van der Waals surface area contributed by atoms with E-state index in [0.29, 0.717) is 49.2 Å². The maximum atomic E-state index is 12.2. The van der Waals surface area contributed by atoms with E-state index in [1.807, 2.05) is 48.5 Å². The van der Waals surface area contributed by atoms with Crippen molar-refractivity contribution in [3.63, 3.8) is 0 Å². The van der Waals surface area contributed by atoms with E-state index < -0.39 is 12.7 Å². The number of hydrogen-bond acceptors (Lipinski definition) is 8. The molecule has 0 spiro atoms. The number of benzene rings is 4. The Morgan fingerprint density at radius 3 is 1.00 bits per heavy atom. The summed E-state index contributed by atoms with van der Waals surface area (Å²) in [6, 6.07) is 27.8. The number of ether oxygens (including phenoxy) is 4. The average molecular weight is 875 g/mol. The highest BCUT2D eigenvalue weighted by Gasteiger charge is 2.31. The molecule has 0 aliphatic heterocycles. The Balaban J connectivity index is 0.000000238. The van der Waals surface area contributed by atoms with Crippen LogP contribution in [0.5, 0.6) is 23.0 Å². The van der Waals surface area contributed by atoms with Gasteiger partial charge in [-0.05, 0) is 85.0 Å². The Bertz CT molecular complexity index is 2180. The molecule has 0 saturated heterocycles. The zero-order valence-electron chi connectivity index (χ0n) is 35.4. The Morgan fingerprint density at radius 1 is 0.381 bits per heavy atom. The first kappa shape index (κ1) is 47.9. The number of alkyl halides is 6. The van der Waals surface area contributed by atoms with Crippen LogP contribution in [0.1, 0.15) is 81.0 Å². The van der Waals surface area contributed by atoms with Crippen LogP contribution in [0, 0.1) is 0 Å². The molecule has 0 unspecified atom stereocenters. The molecule has 0 fully saturated rings. The third kappa shape index (κ3) is 18.0. The van der Waals surface area contributed by atoms with Gasteiger partial charge in [0.05, 0.1) is 38.0 Å². The molecule has 14 heteroatoms. The molecule has 2 heterocycles. The largest absolute Gasteiger partial charge is 0.573 e. The highest BCUT2D eigenvalue weighted by molar-refractivity contribution is 5.56. The normalized spacial score (nSPS) is 11.4. The van der Waals surface area contributed by atoms with Gasteiger partial charge in [-0.25, -0.2) is 19.9 Å². The van der Waals surface area contributed by atoms with E-state index >= 15 is 0 Å². The van der Waals surface area contributed by atoms with E-state index in [0.717, 1.165) is 71.9 Å². The summed E-state index contributed by atoms with van der Waals surface area (Å²) in [5.41, 5.74) is 5.95. The second-order valence-corrected chi connectivity index (χ2v) is 14.7. The molecule has 0 atom stereocenters. The number of hydrogen-bond donors (Lipinski definition) is 0. The summed E-state index contributed by atoms with van der Waals surface area (Å²) >= 11 is 0. The maximum absolute atomic E-state index is 12.2. The molecule has 0 amide bonds. The molecule has 0 saturated carbocycles. The van der Waals surface area contributed by atoms with Crippen LogP contribution in [0.4, 0.5) is 26.3 Å². The predicted octanol–water partition coefficient (Wildman–Crippen LogP) is 13.2. The van der Waals surface area contributed by atoms with Crippen LogP contribution < -0.4 is 18.9 Å². The minimum absolute atomic E-state index is 0.210. The van der Waals surface area contributed by atoms with Crippen molar-refractivity contribution < 1.29 is 45.3 Å². The van der Waals surface area contributed by atoms with Crippen LogP contribution in [0.15, 0.2) is 122 Å². The molecular weight excluding hydrogens is 823 g/mol. The van der Waals surface area contributed by atoms with Crippen molar-refractivity contribution in [3.8, 4) is 45.8 Å². The SMILES string of the molecule is CCCCCCOc1cnc(-c2ccc(CCc3ccc(OC(F)(F)F)cc3)cc2)nc1.CCCCCOc1cnc(-c2ccc(CCc3ccc(OC(F)(F)F)cc3)cc2)nc1. The van der Waals surface area contributed by atoms with Crippen molar-refractivity contribution in [1.82, 2.24) is 19.9 Å². The minimum Gasteiger partial charge on any atom is -0.490 e.